The molecule has 19 heavy (non-hydrogen) atoms. The van der Waals surface area contributed by atoms with E-state index in [0.717, 1.165) is 20.2 Å². The number of nitrogens with one attached hydrogen (secondary N) is 1. The van der Waals surface area contributed by atoms with Crippen LogP contribution in [0.4, 0.5) is 5.69 Å². The second-order valence-electron chi connectivity index (χ2n) is 4.02. The molecule has 0 unspecified atom stereocenters. The van der Waals surface area contributed by atoms with Crippen molar-refractivity contribution in [2.45, 2.75) is 13.5 Å². The standard InChI is InChI=1S/C13H11Br2NO3/c1-7-4-9(14)12(10(15)5-7)16-6-11-8(13(17)18)2-3-19-11/h2-5,16H,6H2,1H3,(H,17,18). The molecule has 0 amide bonds. The number of carboxylic acid groups (broad SMARTS) is 1. The van der Waals surface area contributed by atoms with Gasteiger partial charge in [-0.15, -0.1) is 0 Å². The molecule has 0 aliphatic heterocycles. The van der Waals surface area contributed by atoms with Gasteiger partial charge in [0.15, 0.2) is 0 Å². The summed E-state index contributed by atoms with van der Waals surface area (Å²) in [5, 5.41) is 12.1. The third-order valence-corrected chi connectivity index (χ3v) is 3.84. The SMILES string of the molecule is Cc1cc(Br)c(NCc2occc2C(=O)O)c(Br)c1. The highest BCUT2D eigenvalue weighted by Gasteiger charge is 2.14. The van der Waals surface area contributed by atoms with Crippen LogP contribution in [-0.2, 0) is 6.54 Å². The van der Waals surface area contributed by atoms with Crippen molar-refractivity contribution in [2.24, 2.45) is 0 Å². The smallest absolute Gasteiger partial charge is 0.339 e. The number of aryl methyl sites for hydroxylation is 1. The Kier molecular flexibility index (Phi) is 4.31. The Morgan fingerprint density at radius 1 is 1.37 bits per heavy atom. The molecule has 0 atom stereocenters. The third-order valence-electron chi connectivity index (χ3n) is 2.59. The van der Waals surface area contributed by atoms with Crippen LogP contribution in [0.5, 0.6) is 0 Å². The van der Waals surface area contributed by atoms with Gasteiger partial charge in [-0.1, -0.05) is 0 Å². The number of furan rings is 1. The van der Waals surface area contributed by atoms with E-state index in [1.54, 1.807) is 0 Å². The molecule has 0 saturated carbocycles. The van der Waals surface area contributed by atoms with E-state index in [1.165, 1.54) is 12.3 Å². The number of aromatic carboxylic acids is 1. The summed E-state index contributed by atoms with van der Waals surface area (Å²) in [5.41, 5.74) is 2.15. The van der Waals surface area contributed by atoms with Crippen molar-refractivity contribution >= 4 is 43.5 Å². The van der Waals surface area contributed by atoms with Gasteiger partial charge in [-0.3, -0.25) is 0 Å². The number of hydrogen-bond donors (Lipinski definition) is 2. The summed E-state index contributed by atoms with van der Waals surface area (Å²) < 4.78 is 6.99. The molecular formula is C13H11Br2NO3. The first-order chi connectivity index (χ1) is 8.99. The Morgan fingerprint density at radius 2 is 2.00 bits per heavy atom. The van der Waals surface area contributed by atoms with E-state index in [0.29, 0.717) is 12.3 Å². The van der Waals surface area contributed by atoms with E-state index in [4.69, 9.17) is 9.52 Å². The maximum Gasteiger partial charge on any atom is 0.339 e. The Balaban J connectivity index is 2.19. The van der Waals surface area contributed by atoms with E-state index in [-0.39, 0.29) is 5.56 Å². The van der Waals surface area contributed by atoms with Crippen molar-refractivity contribution < 1.29 is 14.3 Å². The number of benzene rings is 1. The van der Waals surface area contributed by atoms with Crippen LogP contribution in [0.3, 0.4) is 0 Å². The average molecular weight is 389 g/mol. The molecular weight excluding hydrogens is 378 g/mol. The van der Waals surface area contributed by atoms with Gasteiger partial charge in [0.25, 0.3) is 0 Å². The number of carboxylic acids is 1. The molecule has 0 aliphatic rings. The lowest BCUT2D eigenvalue weighted by Gasteiger charge is -2.11. The van der Waals surface area contributed by atoms with Crippen LogP contribution < -0.4 is 5.32 Å². The second kappa shape index (κ2) is 5.79. The lowest BCUT2D eigenvalue weighted by molar-refractivity contribution is 0.0694. The van der Waals surface area contributed by atoms with Gasteiger partial charge in [0, 0.05) is 8.95 Å². The fourth-order valence-corrected chi connectivity index (χ4v) is 3.40. The predicted octanol–water partition coefficient (Wildman–Crippen LogP) is 4.42. The zero-order valence-corrected chi connectivity index (χ0v) is 13.2. The molecule has 0 spiro atoms. The normalized spacial score (nSPS) is 10.5. The minimum absolute atomic E-state index is 0.173. The van der Waals surface area contributed by atoms with Gasteiger partial charge in [-0.25, -0.2) is 4.79 Å². The molecule has 0 aliphatic carbocycles. The van der Waals surface area contributed by atoms with E-state index >= 15 is 0 Å². The molecule has 0 saturated heterocycles. The van der Waals surface area contributed by atoms with Crippen molar-refractivity contribution in [2.75, 3.05) is 5.32 Å². The van der Waals surface area contributed by atoms with Gasteiger partial charge < -0.3 is 14.8 Å². The van der Waals surface area contributed by atoms with Gasteiger partial charge in [-0.05, 0) is 62.5 Å². The van der Waals surface area contributed by atoms with Gasteiger partial charge >= 0.3 is 5.97 Å². The summed E-state index contributed by atoms with van der Waals surface area (Å²) in [6.07, 6.45) is 1.37. The van der Waals surface area contributed by atoms with Crippen LogP contribution >= 0.6 is 31.9 Å². The highest BCUT2D eigenvalue weighted by atomic mass is 79.9. The highest BCUT2D eigenvalue weighted by molar-refractivity contribution is 9.11. The lowest BCUT2D eigenvalue weighted by atomic mass is 10.2. The monoisotopic (exact) mass is 387 g/mol. The average Bonchev–Trinajstić information content (AvgIpc) is 2.75. The zero-order valence-electron chi connectivity index (χ0n) is 10.0. The zero-order chi connectivity index (χ0) is 14.0. The fraction of sp³-hybridized carbons (Fsp3) is 0.154. The summed E-state index contributed by atoms with van der Waals surface area (Å²) in [6.45, 7) is 2.29. The molecule has 1 aromatic carbocycles. The number of carbonyl (C=O) groups is 1. The number of hydrogen-bond acceptors (Lipinski definition) is 3. The van der Waals surface area contributed by atoms with Crippen LogP contribution in [0.25, 0.3) is 0 Å². The Morgan fingerprint density at radius 3 is 2.58 bits per heavy atom. The molecule has 1 heterocycles. The van der Waals surface area contributed by atoms with E-state index in [2.05, 4.69) is 37.2 Å². The topological polar surface area (TPSA) is 62.5 Å². The third kappa shape index (κ3) is 3.19. The number of anilines is 1. The predicted molar refractivity (Wildman–Crippen MR) is 79.6 cm³/mol. The van der Waals surface area contributed by atoms with Crippen molar-refractivity contribution in [1.29, 1.82) is 0 Å². The Hall–Kier alpha value is -1.27. The summed E-state index contributed by atoms with van der Waals surface area (Å²) in [5.74, 6) is -0.598. The summed E-state index contributed by atoms with van der Waals surface area (Å²) in [7, 11) is 0. The largest absolute Gasteiger partial charge is 0.478 e. The van der Waals surface area contributed by atoms with Crippen molar-refractivity contribution in [1.82, 2.24) is 0 Å². The molecule has 2 aromatic rings. The summed E-state index contributed by atoms with van der Waals surface area (Å²) >= 11 is 6.94. The first-order valence-corrected chi connectivity index (χ1v) is 7.07. The van der Waals surface area contributed by atoms with Crippen LogP contribution in [0.15, 0.2) is 37.8 Å². The molecule has 6 heteroatoms. The Bertz CT molecular complexity index is 599. The molecule has 2 rings (SSSR count). The maximum absolute atomic E-state index is 11.0. The molecule has 0 fully saturated rings. The first-order valence-electron chi connectivity index (χ1n) is 5.48. The molecule has 0 radical (unpaired) electrons. The lowest BCUT2D eigenvalue weighted by Crippen LogP contribution is -2.05. The molecule has 1 aromatic heterocycles. The van der Waals surface area contributed by atoms with Crippen molar-refractivity contribution in [3.05, 3.63) is 50.3 Å². The molecule has 4 nitrogen and oxygen atoms in total. The maximum atomic E-state index is 11.0. The van der Waals surface area contributed by atoms with Crippen LogP contribution in [0, 0.1) is 6.92 Å². The van der Waals surface area contributed by atoms with E-state index in [1.807, 2.05) is 19.1 Å². The van der Waals surface area contributed by atoms with Gasteiger partial charge in [0.05, 0.1) is 18.5 Å². The second-order valence-corrected chi connectivity index (χ2v) is 5.73. The van der Waals surface area contributed by atoms with Crippen molar-refractivity contribution in [3.8, 4) is 0 Å². The van der Waals surface area contributed by atoms with E-state index in [9.17, 15) is 4.79 Å². The van der Waals surface area contributed by atoms with Crippen LogP contribution in [0.1, 0.15) is 21.7 Å². The minimum atomic E-state index is -0.993. The van der Waals surface area contributed by atoms with E-state index < -0.39 is 5.97 Å². The van der Waals surface area contributed by atoms with Gasteiger partial charge in [0.2, 0.25) is 0 Å². The number of rotatable bonds is 4. The Labute approximate surface area is 127 Å². The first kappa shape index (κ1) is 14.1. The molecule has 0 bridgehead atoms. The molecule has 100 valence electrons. The number of halogens is 2. The van der Waals surface area contributed by atoms with Gasteiger partial charge in [-0.2, -0.15) is 0 Å². The van der Waals surface area contributed by atoms with Gasteiger partial charge in [0.1, 0.15) is 11.3 Å². The highest BCUT2D eigenvalue weighted by Crippen LogP contribution is 2.32. The van der Waals surface area contributed by atoms with Crippen molar-refractivity contribution in [3.63, 3.8) is 0 Å². The van der Waals surface area contributed by atoms with Crippen LogP contribution in [0.2, 0.25) is 0 Å². The summed E-state index contributed by atoms with van der Waals surface area (Å²) in [6, 6.07) is 5.40. The van der Waals surface area contributed by atoms with Crippen LogP contribution in [-0.4, -0.2) is 11.1 Å². The quantitative estimate of drug-likeness (QED) is 0.813. The summed E-state index contributed by atoms with van der Waals surface area (Å²) in [4.78, 5) is 11.0. The minimum Gasteiger partial charge on any atom is -0.478 e. The fourth-order valence-electron chi connectivity index (χ4n) is 1.71. The molecule has 2 N–H and O–H groups in total.